The minimum Gasteiger partial charge on any atom is -0.303 e. The lowest BCUT2D eigenvalue weighted by Crippen LogP contribution is -2.40. The zero-order valence-corrected chi connectivity index (χ0v) is 17.6. The summed E-state index contributed by atoms with van der Waals surface area (Å²) in [5.41, 5.74) is 5.60. The number of hydrogen-bond donors (Lipinski definition) is 0. The van der Waals surface area contributed by atoms with Gasteiger partial charge in [-0.2, -0.15) is 5.10 Å². The van der Waals surface area contributed by atoms with Crippen molar-refractivity contribution in [1.82, 2.24) is 19.6 Å². The largest absolute Gasteiger partial charge is 0.303 e. The number of rotatable bonds is 8. The second-order valence-electron chi connectivity index (χ2n) is 8.25. The summed E-state index contributed by atoms with van der Waals surface area (Å²) in [6.07, 6.45) is 5.91. The number of aryl methyl sites for hydroxylation is 2. The maximum absolute atomic E-state index is 4.49. The summed E-state index contributed by atoms with van der Waals surface area (Å²) >= 11 is 0. The summed E-state index contributed by atoms with van der Waals surface area (Å²) in [6.45, 7) is 13.4. The van der Waals surface area contributed by atoms with Crippen LogP contribution in [-0.2, 0) is 19.5 Å². The summed E-state index contributed by atoms with van der Waals surface area (Å²) in [5.74, 6) is 0.780. The van der Waals surface area contributed by atoms with Gasteiger partial charge in [-0.25, -0.2) is 0 Å². The third kappa shape index (κ3) is 5.43. The highest BCUT2D eigenvalue weighted by atomic mass is 15.3. The Morgan fingerprint density at radius 1 is 1.19 bits per heavy atom. The molecule has 0 saturated carbocycles. The second-order valence-corrected chi connectivity index (χ2v) is 8.25. The van der Waals surface area contributed by atoms with Crippen molar-refractivity contribution in [2.75, 3.05) is 33.2 Å². The van der Waals surface area contributed by atoms with E-state index in [1.54, 1.807) is 0 Å². The fourth-order valence-corrected chi connectivity index (χ4v) is 4.43. The third-order valence-electron chi connectivity index (χ3n) is 6.08. The Balaban J connectivity index is 1.47. The van der Waals surface area contributed by atoms with E-state index in [9.17, 15) is 0 Å². The van der Waals surface area contributed by atoms with E-state index in [1.807, 2.05) is 6.20 Å². The van der Waals surface area contributed by atoms with Crippen LogP contribution in [0.1, 0.15) is 42.1 Å². The quantitative estimate of drug-likeness (QED) is 0.706. The van der Waals surface area contributed by atoms with Crippen LogP contribution in [0.4, 0.5) is 0 Å². The summed E-state index contributed by atoms with van der Waals surface area (Å²) in [7, 11) is 2.26. The molecule has 0 radical (unpaired) electrons. The van der Waals surface area contributed by atoms with Gasteiger partial charge >= 0.3 is 0 Å². The van der Waals surface area contributed by atoms with Gasteiger partial charge in [-0.05, 0) is 70.7 Å². The van der Waals surface area contributed by atoms with Crippen LogP contribution in [0.15, 0.2) is 30.5 Å². The van der Waals surface area contributed by atoms with Crippen molar-refractivity contribution in [2.24, 2.45) is 5.92 Å². The van der Waals surface area contributed by atoms with Gasteiger partial charge in [-0.3, -0.25) is 4.68 Å². The molecule has 0 aliphatic carbocycles. The average molecular weight is 369 g/mol. The topological polar surface area (TPSA) is 24.3 Å². The Kier molecular flexibility index (Phi) is 7.08. The van der Waals surface area contributed by atoms with Gasteiger partial charge in [0.2, 0.25) is 0 Å². The number of likely N-dealkylation sites (tertiary alicyclic amines) is 1. The number of hydrogen-bond acceptors (Lipinski definition) is 3. The molecule has 1 aliphatic heterocycles. The van der Waals surface area contributed by atoms with Crippen LogP contribution in [0.5, 0.6) is 0 Å². The monoisotopic (exact) mass is 368 g/mol. The maximum atomic E-state index is 4.49. The van der Waals surface area contributed by atoms with E-state index < -0.39 is 0 Å². The molecular weight excluding hydrogens is 332 g/mol. The van der Waals surface area contributed by atoms with Gasteiger partial charge in [0, 0.05) is 44.0 Å². The predicted octanol–water partition coefficient (Wildman–Crippen LogP) is 3.91. The Hall–Kier alpha value is -1.65. The van der Waals surface area contributed by atoms with Crippen molar-refractivity contribution in [1.29, 1.82) is 0 Å². The van der Waals surface area contributed by atoms with Crippen LogP contribution in [-0.4, -0.2) is 52.8 Å². The highest BCUT2D eigenvalue weighted by Crippen LogP contribution is 2.19. The molecule has 1 atom stereocenters. The van der Waals surface area contributed by atoms with Gasteiger partial charge in [0.15, 0.2) is 0 Å². The molecule has 27 heavy (non-hydrogen) atoms. The first-order valence-electron chi connectivity index (χ1n) is 10.5. The molecule has 4 nitrogen and oxygen atoms in total. The van der Waals surface area contributed by atoms with Crippen LogP contribution >= 0.6 is 0 Å². The van der Waals surface area contributed by atoms with Gasteiger partial charge in [0.05, 0.1) is 6.20 Å². The van der Waals surface area contributed by atoms with Crippen molar-refractivity contribution < 1.29 is 0 Å². The van der Waals surface area contributed by atoms with E-state index in [0.717, 1.165) is 19.0 Å². The minimum atomic E-state index is 0.780. The number of nitrogens with zero attached hydrogens (tertiary/aromatic N) is 4. The molecule has 1 aromatic carbocycles. The third-order valence-corrected chi connectivity index (χ3v) is 6.08. The van der Waals surface area contributed by atoms with Crippen LogP contribution < -0.4 is 0 Å². The molecule has 0 spiro atoms. The Bertz CT molecular complexity index is 721. The zero-order chi connectivity index (χ0) is 19.2. The molecule has 0 bridgehead atoms. The number of benzene rings is 1. The lowest BCUT2D eigenvalue weighted by molar-refractivity contribution is 0.142. The normalized spacial score (nSPS) is 18.3. The van der Waals surface area contributed by atoms with Gasteiger partial charge in [0.1, 0.15) is 0 Å². The van der Waals surface area contributed by atoms with Crippen LogP contribution in [0.3, 0.4) is 0 Å². The number of piperidine rings is 1. The van der Waals surface area contributed by atoms with Crippen LogP contribution in [0.2, 0.25) is 0 Å². The standard InChI is InChI=1S/C23H36N4/c1-5-27-20(3)23(15-24-27)18-25(4)16-21-10-8-13-26(17-21)14-12-22-11-7-6-9-19(22)2/h6-7,9,11,15,21H,5,8,10,12-14,16-18H2,1-4H3. The van der Waals surface area contributed by atoms with Gasteiger partial charge < -0.3 is 9.80 Å². The van der Waals surface area contributed by atoms with Crippen molar-refractivity contribution in [2.45, 2.75) is 53.1 Å². The predicted molar refractivity (Wildman–Crippen MR) is 113 cm³/mol. The van der Waals surface area contributed by atoms with E-state index in [1.165, 1.54) is 67.8 Å². The van der Waals surface area contributed by atoms with Gasteiger partial charge in [-0.1, -0.05) is 24.3 Å². The lowest BCUT2D eigenvalue weighted by atomic mass is 9.96. The molecule has 0 amide bonds. The smallest absolute Gasteiger partial charge is 0.0537 e. The molecule has 1 saturated heterocycles. The van der Waals surface area contributed by atoms with Gasteiger partial charge in [-0.15, -0.1) is 0 Å². The second kappa shape index (κ2) is 9.52. The fourth-order valence-electron chi connectivity index (χ4n) is 4.43. The first-order chi connectivity index (χ1) is 13.1. The first kappa shape index (κ1) is 20.1. The number of aromatic nitrogens is 2. The molecular formula is C23H36N4. The summed E-state index contributed by atoms with van der Waals surface area (Å²) < 4.78 is 2.09. The van der Waals surface area contributed by atoms with E-state index in [-0.39, 0.29) is 0 Å². The lowest BCUT2D eigenvalue weighted by Gasteiger charge is -2.35. The van der Waals surface area contributed by atoms with E-state index >= 15 is 0 Å². The molecule has 3 rings (SSSR count). The molecule has 148 valence electrons. The van der Waals surface area contributed by atoms with Crippen molar-refractivity contribution in [3.8, 4) is 0 Å². The van der Waals surface area contributed by atoms with Crippen LogP contribution in [0, 0.1) is 19.8 Å². The van der Waals surface area contributed by atoms with E-state index in [2.05, 4.69) is 71.7 Å². The molecule has 1 aliphatic rings. The Morgan fingerprint density at radius 2 is 2.00 bits per heavy atom. The van der Waals surface area contributed by atoms with Crippen LogP contribution in [0.25, 0.3) is 0 Å². The highest BCUT2D eigenvalue weighted by Gasteiger charge is 2.21. The molecule has 0 N–H and O–H groups in total. The molecule has 2 heterocycles. The van der Waals surface area contributed by atoms with Crippen molar-refractivity contribution >= 4 is 0 Å². The first-order valence-corrected chi connectivity index (χ1v) is 10.5. The zero-order valence-electron chi connectivity index (χ0n) is 17.6. The summed E-state index contributed by atoms with van der Waals surface area (Å²) in [5, 5.41) is 4.49. The van der Waals surface area contributed by atoms with Gasteiger partial charge in [0.25, 0.3) is 0 Å². The SMILES string of the molecule is CCn1ncc(CN(C)CC2CCCN(CCc3ccccc3C)C2)c1C. The molecule has 2 aromatic rings. The molecule has 1 fully saturated rings. The fraction of sp³-hybridized carbons (Fsp3) is 0.609. The molecule has 1 unspecified atom stereocenters. The minimum absolute atomic E-state index is 0.780. The highest BCUT2D eigenvalue weighted by molar-refractivity contribution is 5.25. The Morgan fingerprint density at radius 3 is 2.74 bits per heavy atom. The molecule has 4 heteroatoms. The maximum Gasteiger partial charge on any atom is 0.0537 e. The van der Waals surface area contributed by atoms with Crippen molar-refractivity contribution in [3.63, 3.8) is 0 Å². The summed E-state index contributed by atoms with van der Waals surface area (Å²) in [6, 6.07) is 8.81. The van der Waals surface area contributed by atoms with E-state index in [0.29, 0.717) is 0 Å². The Labute approximate surface area is 165 Å². The van der Waals surface area contributed by atoms with Crippen molar-refractivity contribution in [3.05, 3.63) is 52.8 Å². The van der Waals surface area contributed by atoms with E-state index in [4.69, 9.17) is 0 Å². The molecule has 1 aromatic heterocycles. The average Bonchev–Trinajstić information content (AvgIpc) is 3.01. The summed E-state index contributed by atoms with van der Waals surface area (Å²) in [4.78, 5) is 5.16.